The standard InChI is InChI=1S/C17H26O3/c1-5-10-19-15-9-7-6-8-14(15)17(18)16-11(2)12(3)20-13(16)4/h6-9,11-13,16-18H,5,10H2,1-4H3. The molecule has 5 unspecified atom stereocenters. The van der Waals surface area contributed by atoms with Crippen molar-refractivity contribution < 1.29 is 14.6 Å². The van der Waals surface area contributed by atoms with Crippen LogP contribution in [-0.2, 0) is 4.74 Å². The number of ether oxygens (including phenoxy) is 2. The number of aliphatic hydroxyl groups excluding tert-OH is 1. The molecule has 0 spiro atoms. The summed E-state index contributed by atoms with van der Waals surface area (Å²) in [6.45, 7) is 9.02. The molecule has 0 saturated carbocycles. The van der Waals surface area contributed by atoms with Gasteiger partial charge in [-0.2, -0.15) is 0 Å². The summed E-state index contributed by atoms with van der Waals surface area (Å²) >= 11 is 0. The van der Waals surface area contributed by atoms with Crippen LogP contribution in [0.1, 0.15) is 45.8 Å². The number of rotatable bonds is 5. The van der Waals surface area contributed by atoms with E-state index in [1.54, 1.807) is 0 Å². The van der Waals surface area contributed by atoms with Crippen LogP contribution < -0.4 is 4.74 Å². The van der Waals surface area contributed by atoms with Gasteiger partial charge in [-0.05, 0) is 32.3 Å². The summed E-state index contributed by atoms with van der Waals surface area (Å²) in [6, 6.07) is 7.79. The summed E-state index contributed by atoms with van der Waals surface area (Å²) in [5.41, 5.74) is 0.877. The van der Waals surface area contributed by atoms with Gasteiger partial charge in [0.2, 0.25) is 0 Å². The number of aliphatic hydroxyl groups is 1. The summed E-state index contributed by atoms with van der Waals surface area (Å²) in [5.74, 6) is 1.23. The van der Waals surface area contributed by atoms with E-state index in [1.165, 1.54) is 0 Å². The van der Waals surface area contributed by atoms with Crippen molar-refractivity contribution in [2.24, 2.45) is 11.8 Å². The van der Waals surface area contributed by atoms with Crippen LogP contribution in [0.2, 0.25) is 0 Å². The number of benzene rings is 1. The minimum Gasteiger partial charge on any atom is -0.493 e. The second kappa shape index (κ2) is 6.59. The van der Waals surface area contributed by atoms with E-state index in [0.29, 0.717) is 12.5 Å². The highest BCUT2D eigenvalue weighted by Gasteiger charge is 2.42. The molecule has 0 bridgehead atoms. The van der Waals surface area contributed by atoms with Crippen molar-refractivity contribution >= 4 is 0 Å². The van der Waals surface area contributed by atoms with Crippen molar-refractivity contribution in [2.75, 3.05) is 6.61 Å². The normalized spacial score (nSPS) is 31.2. The lowest BCUT2D eigenvalue weighted by Gasteiger charge is -2.26. The lowest BCUT2D eigenvalue weighted by molar-refractivity contribution is 0.0222. The van der Waals surface area contributed by atoms with Crippen LogP contribution in [0.4, 0.5) is 0 Å². The Labute approximate surface area is 121 Å². The van der Waals surface area contributed by atoms with E-state index in [-0.39, 0.29) is 18.1 Å². The summed E-state index contributed by atoms with van der Waals surface area (Å²) in [5, 5.41) is 10.8. The maximum Gasteiger partial charge on any atom is 0.125 e. The molecule has 0 aromatic heterocycles. The molecule has 112 valence electrons. The number of hydrogen-bond donors (Lipinski definition) is 1. The van der Waals surface area contributed by atoms with Gasteiger partial charge in [0.25, 0.3) is 0 Å². The summed E-state index contributed by atoms with van der Waals surface area (Å²) in [4.78, 5) is 0. The van der Waals surface area contributed by atoms with E-state index in [9.17, 15) is 5.11 Å². The lowest BCUT2D eigenvalue weighted by Crippen LogP contribution is -2.25. The van der Waals surface area contributed by atoms with Crippen molar-refractivity contribution in [3.05, 3.63) is 29.8 Å². The third kappa shape index (κ3) is 2.99. The van der Waals surface area contributed by atoms with Crippen molar-refractivity contribution in [1.82, 2.24) is 0 Å². The molecule has 0 amide bonds. The first-order valence-electron chi connectivity index (χ1n) is 7.61. The Bertz CT molecular complexity index is 432. The van der Waals surface area contributed by atoms with Gasteiger partial charge in [0.1, 0.15) is 5.75 Å². The minimum absolute atomic E-state index is 0.0641. The molecule has 0 aliphatic carbocycles. The van der Waals surface area contributed by atoms with Gasteiger partial charge in [0, 0.05) is 11.5 Å². The van der Waals surface area contributed by atoms with Gasteiger partial charge >= 0.3 is 0 Å². The zero-order valence-electron chi connectivity index (χ0n) is 12.9. The SMILES string of the molecule is CCCOc1ccccc1C(O)C1C(C)OC(C)C1C. The van der Waals surface area contributed by atoms with Gasteiger partial charge in [-0.25, -0.2) is 0 Å². The maximum absolute atomic E-state index is 10.8. The third-order valence-corrected chi connectivity index (χ3v) is 4.38. The zero-order valence-corrected chi connectivity index (χ0v) is 12.9. The van der Waals surface area contributed by atoms with Crippen molar-refractivity contribution in [3.63, 3.8) is 0 Å². The molecule has 0 radical (unpaired) electrons. The van der Waals surface area contributed by atoms with Crippen molar-refractivity contribution in [1.29, 1.82) is 0 Å². The fourth-order valence-corrected chi connectivity index (χ4v) is 3.11. The van der Waals surface area contributed by atoms with E-state index < -0.39 is 6.10 Å². The molecule has 1 saturated heterocycles. The third-order valence-electron chi connectivity index (χ3n) is 4.38. The van der Waals surface area contributed by atoms with Crippen LogP contribution >= 0.6 is 0 Å². The van der Waals surface area contributed by atoms with Crippen LogP contribution in [0.3, 0.4) is 0 Å². The van der Waals surface area contributed by atoms with Crippen LogP contribution in [0, 0.1) is 11.8 Å². The molecule has 20 heavy (non-hydrogen) atoms. The molecule has 1 aliphatic rings. The van der Waals surface area contributed by atoms with Gasteiger partial charge in [-0.15, -0.1) is 0 Å². The number of hydrogen-bond acceptors (Lipinski definition) is 3. The Morgan fingerprint density at radius 2 is 1.90 bits per heavy atom. The number of para-hydroxylation sites is 1. The van der Waals surface area contributed by atoms with E-state index in [1.807, 2.05) is 31.2 Å². The van der Waals surface area contributed by atoms with E-state index in [2.05, 4.69) is 20.8 Å². The molecule has 1 heterocycles. The first kappa shape index (κ1) is 15.3. The molecule has 5 atom stereocenters. The maximum atomic E-state index is 10.8. The predicted molar refractivity (Wildman–Crippen MR) is 79.9 cm³/mol. The molecular formula is C17H26O3. The summed E-state index contributed by atoms with van der Waals surface area (Å²) in [7, 11) is 0. The quantitative estimate of drug-likeness (QED) is 0.895. The molecule has 1 aliphatic heterocycles. The Kier molecular flexibility index (Phi) is 5.06. The molecule has 3 heteroatoms. The first-order chi connectivity index (χ1) is 9.56. The van der Waals surface area contributed by atoms with Gasteiger partial charge in [-0.1, -0.05) is 32.0 Å². The highest BCUT2D eigenvalue weighted by molar-refractivity contribution is 5.35. The molecule has 1 N–H and O–H groups in total. The Morgan fingerprint density at radius 1 is 1.20 bits per heavy atom. The fourth-order valence-electron chi connectivity index (χ4n) is 3.11. The lowest BCUT2D eigenvalue weighted by atomic mass is 9.82. The van der Waals surface area contributed by atoms with Crippen LogP contribution in [0.15, 0.2) is 24.3 Å². The fraction of sp³-hybridized carbons (Fsp3) is 0.647. The molecular weight excluding hydrogens is 252 g/mol. The van der Waals surface area contributed by atoms with Gasteiger partial charge < -0.3 is 14.6 Å². The van der Waals surface area contributed by atoms with E-state index in [0.717, 1.165) is 17.7 Å². The summed E-state index contributed by atoms with van der Waals surface area (Å²) in [6.07, 6.45) is 0.668. The monoisotopic (exact) mass is 278 g/mol. The van der Waals surface area contributed by atoms with E-state index in [4.69, 9.17) is 9.47 Å². The first-order valence-corrected chi connectivity index (χ1v) is 7.61. The predicted octanol–water partition coefficient (Wildman–Crippen LogP) is 3.57. The molecule has 3 nitrogen and oxygen atoms in total. The Morgan fingerprint density at radius 3 is 2.50 bits per heavy atom. The zero-order chi connectivity index (χ0) is 14.7. The van der Waals surface area contributed by atoms with E-state index >= 15 is 0 Å². The minimum atomic E-state index is -0.544. The van der Waals surface area contributed by atoms with Gasteiger partial charge in [0.05, 0.1) is 24.9 Å². The molecule has 1 aromatic carbocycles. The van der Waals surface area contributed by atoms with Gasteiger partial charge in [0.15, 0.2) is 0 Å². The molecule has 2 rings (SSSR count). The Hall–Kier alpha value is -1.06. The molecule has 1 aromatic rings. The smallest absolute Gasteiger partial charge is 0.125 e. The highest BCUT2D eigenvalue weighted by atomic mass is 16.5. The molecule has 1 fully saturated rings. The topological polar surface area (TPSA) is 38.7 Å². The average Bonchev–Trinajstić information content (AvgIpc) is 2.69. The van der Waals surface area contributed by atoms with Gasteiger partial charge in [-0.3, -0.25) is 0 Å². The largest absolute Gasteiger partial charge is 0.493 e. The highest BCUT2D eigenvalue weighted by Crippen LogP contribution is 2.42. The second-order valence-electron chi connectivity index (χ2n) is 5.81. The average molecular weight is 278 g/mol. The second-order valence-corrected chi connectivity index (χ2v) is 5.81. The van der Waals surface area contributed by atoms with Crippen molar-refractivity contribution in [2.45, 2.75) is 52.4 Å². The summed E-state index contributed by atoms with van der Waals surface area (Å²) < 4.78 is 11.6. The van der Waals surface area contributed by atoms with Crippen LogP contribution in [0.25, 0.3) is 0 Å². The van der Waals surface area contributed by atoms with Crippen LogP contribution in [-0.4, -0.2) is 23.9 Å². The van der Waals surface area contributed by atoms with Crippen LogP contribution in [0.5, 0.6) is 5.75 Å². The van der Waals surface area contributed by atoms with Crippen molar-refractivity contribution in [3.8, 4) is 5.75 Å². The Balaban J connectivity index is 2.22.